The van der Waals surface area contributed by atoms with E-state index in [-0.39, 0.29) is 16.9 Å². The van der Waals surface area contributed by atoms with Crippen LogP contribution in [0.15, 0.2) is 60.7 Å². The van der Waals surface area contributed by atoms with Crippen LogP contribution in [-0.4, -0.2) is 54.9 Å². The average molecular weight is 587 g/mol. The summed E-state index contributed by atoms with van der Waals surface area (Å²) in [7, 11) is 1.88. The molecule has 0 aliphatic heterocycles. The summed E-state index contributed by atoms with van der Waals surface area (Å²) in [4.78, 5) is 46.3. The van der Waals surface area contributed by atoms with Crippen LogP contribution in [-0.2, 0) is 34.1 Å². The molecule has 12 heteroatoms. The number of para-hydroxylation sites is 1. The predicted octanol–water partition coefficient (Wildman–Crippen LogP) is 5.78. The number of rotatable bonds is 8. The van der Waals surface area contributed by atoms with Crippen molar-refractivity contribution in [2.75, 3.05) is 20.8 Å². The molecule has 2 atom stereocenters. The van der Waals surface area contributed by atoms with Gasteiger partial charge in [-0.1, -0.05) is 48.5 Å². The van der Waals surface area contributed by atoms with Gasteiger partial charge in [0.2, 0.25) is 0 Å². The monoisotopic (exact) mass is 586 g/mol. The van der Waals surface area contributed by atoms with Gasteiger partial charge in [-0.2, -0.15) is 13.2 Å². The van der Waals surface area contributed by atoms with Crippen molar-refractivity contribution in [3.8, 4) is 0 Å². The lowest BCUT2D eigenvalue weighted by Crippen LogP contribution is -2.52. The van der Waals surface area contributed by atoms with Crippen LogP contribution in [0.4, 0.5) is 13.2 Å². The molecule has 1 N–H and O–H groups in total. The number of H-pyrrole nitrogens is 1. The molecule has 0 aliphatic carbocycles. The Morgan fingerprint density at radius 1 is 0.905 bits per heavy atom. The summed E-state index contributed by atoms with van der Waals surface area (Å²) in [5, 5.41) is 1.11. The number of pyridine rings is 1. The smallest absolute Gasteiger partial charge is 0.432 e. The molecule has 42 heavy (non-hydrogen) atoms. The van der Waals surface area contributed by atoms with Gasteiger partial charge in [0.15, 0.2) is 6.10 Å². The van der Waals surface area contributed by atoms with E-state index in [1.165, 1.54) is 24.3 Å². The second kappa shape index (κ2) is 11.4. The van der Waals surface area contributed by atoms with E-state index in [9.17, 15) is 27.6 Å². The first-order valence-corrected chi connectivity index (χ1v) is 12.8. The molecule has 0 unspecified atom stereocenters. The normalized spacial score (nSPS) is 14.3. The van der Waals surface area contributed by atoms with Crippen molar-refractivity contribution in [2.24, 2.45) is 5.41 Å². The molecule has 0 bridgehead atoms. The number of hydrogen-bond acceptors (Lipinski definition) is 8. The Hall–Kier alpha value is -4.45. The molecule has 4 rings (SSSR count). The summed E-state index contributed by atoms with van der Waals surface area (Å²) in [5.41, 5.74) is -4.53. The number of benzene rings is 2. The van der Waals surface area contributed by atoms with E-state index in [2.05, 4.69) is 9.97 Å². The fourth-order valence-electron chi connectivity index (χ4n) is 4.45. The van der Waals surface area contributed by atoms with E-state index >= 15 is 0 Å². The van der Waals surface area contributed by atoms with Crippen molar-refractivity contribution in [2.45, 2.75) is 38.7 Å². The van der Waals surface area contributed by atoms with E-state index < -0.39 is 53.4 Å². The number of alkyl halides is 3. The number of carbonyl (C=O) groups is 3. The molecule has 0 amide bonds. The lowest BCUT2D eigenvalue weighted by Gasteiger charge is -2.33. The number of fused-ring (bicyclic) bond motifs is 3. The summed E-state index contributed by atoms with van der Waals surface area (Å²) >= 11 is 0. The first-order valence-electron chi connectivity index (χ1n) is 12.8. The lowest BCUT2D eigenvalue weighted by molar-refractivity contribution is -0.279. The zero-order valence-electron chi connectivity index (χ0n) is 23.5. The molecular weight excluding hydrogens is 557 g/mol. The highest BCUT2D eigenvalue weighted by Gasteiger charge is 2.64. The Morgan fingerprint density at radius 2 is 1.55 bits per heavy atom. The number of hydrogen-bond donors (Lipinski definition) is 1. The van der Waals surface area contributed by atoms with Gasteiger partial charge in [-0.25, -0.2) is 14.6 Å². The number of carbonyl (C=O) groups excluding carboxylic acids is 3. The van der Waals surface area contributed by atoms with Crippen LogP contribution >= 0.6 is 0 Å². The van der Waals surface area contributed by atoms with Gasteiger partial charge in [-0.15, -0.1) is 0 Å². The van der Waals surface area contributed by atoms with Crippen LogP contribution in [0.25, 0.3) is 21.8 Å². The van der Waals surface area contributed by atoms with Crippen LogP contribution in [0.3, 0.4) is 0 Å². The third kappa shape index (κ3) is 5.54. The standard InChI is InChI=1S/C30H29F3N2O7/c1-28(2,3)26(37)41-16-22(42-27(38)29(40-5,30(31,32)33)17-11-7-6-8-12-17)24-23-19(15-21(35-24)25(36)39-4)18-13-9-10-14-20(18)34-23/h6-15,22,34H,16H2,1-5H3/t22-,29+/m1/s1. The predicted molar refractivity (Wildman–Crippen MR) is 145 cm³/mol. The first-order chi connectivity index (χ1) is 19.7. The fraction of sp³-hybridized carbons (Fsp3) is 0.333. The molecule has 0 fully saturated rings. The minimum atomic E-state index is -5.26. The maximum Gasteiger partial charge on any atom is 0.432 e. The summed E-state index contributed by atoms with van der Waals surface area (Å²) in [5.74, 6) is -3.38. The average Bonchev–Trinajstić information content (AvgIpc) is 3.33. The van der Waals surface area contributed by atoms with Gasteiger partial charge in [0.1, 0.15) is 18.0 Å². The van der Waals surface area contributed by atoms with E-state index in [1.54, 1.807) is 45.0 Å². The number of nitrogens with zero attached hydrogens (tertiary/aromatic N) is 1. The largest absolute Gasteiger partial charge is 0.464 e. The highest BCUT2D eigenvalue weighted by Crippen LogP contribution is 2.44. The number of esters is 3. The summed E-state index contributed by atoms with van der Waals surface area (Å²) in [6.45, 7) is 4.03. The first kappa shape index (κ1) is 30.5. The number of methoxy groups -OCH3 is 2. The van der Waals surface area contributed by atoms with Crippen LogP contribution in [0, 0.1) is 5.41 Å². The maximum atomic E-state index is 14.6. The van der Waals surface area contributed by atoms with Crippen molar-refractivity contribution < 1.29 is 46.5 Å². The molecule has 2 aromatic carbocycles. The second-order valence-electron chi connectivity index (χ2n) is 10.5. The van der Waals surface area contributed by atoms with Gasteiger partial charge in [-0.05, 0) is 32.9 Å². The van der Waals surface area contributed by atoms with Crippen molar-refractivity contribution >= 4 is 39.7 Å². The zero-order valence-corrected chi connectivity index (χ0v) is 23.5. The Labute approximate surface area is 238 Å². The highest BCUT2D eigenvalue weighted by atomic mass is 19.4. The van der Waals surface area contributed by atoms with Crippen LogP contribution in [0.2, 0.25) is 0 Å². The Balaban J connectivity index is 1.92. The quantitative estimate of drug-likeness (QED) is 0.204. The molecule has 2 heterocycles. The molecule has 0 spiro atoms. The van der Waals surface area contributed by atoms with Gasteiger partial charge >= 0.3 is 24.1 Å². The van der Waals surface area contributed by atoms with E-state index in [0.717, 1.165) is 26.4 Å². The van der Waals surface area contributed by atoms with Gasteiger partial charge in [0.25, 0.3) is 5.60 Å². The van der Waals surface area contributed by atoms with Gasteiger partial charge in [0, 0.05) is 29.0 Å². The third-order valence-electron chi connectivity index (χ3n) is 6.62. The number of ether oxygens (including phenoxy) is 4. The Bertz CT molecular complexity index is 1630. The number of halogens is 3. The van der Waals surface area contributed by atoms with Crippen LogP contribution in [0.1, 0.15) is 48.6 Å². The minimum Gasteiger partial charge on any atom is -0.464 e. The highest BCUT2D eigenvalue weighted by molar-refractivity contribution is 6.09. The van der Waals surface area contributed by atoms with Gasteiger partial charge in [-0.3, -0.25) is 4.79 Å². The lowest BCUT2D eigenvalue weighted by atomic mass is 9.92. The second-order valence-corrected chi connectivity index (χ2v) is 10.5. The van der Waals surface area contributed by atoms with Crippen molar-refractivity contribution in [3.05, 3.63) is 77.6 Å². The van der Waals surface area contributed by atoms with Gasteiger partial charge in [0.05, 0.1) is 18.0 Å². The molecule has 2 aromatic heterocycles. The SMILES string of the molecule is COC(=O)c1cc2c([nH]c3ccccc32)c([C@@H](COC(=O)C(C)(C)C)OC(=O)[C@@](OC)(c2ccccc2)C(F)(F)F)n1. The van der Waals surface area contributed by atoms with Crippen molar-refractivity contribution in [3.63, 3.8) is 0 Å². The van der Waals surface area contributed by atoms with E-state index in [4.69, 9.17) is 18.9 Å². The fourth-order valence-corrected chi connectivity index (χ4v) is 4.45. The number of aromatic amines is 1. The molecule has 0 saturated carbocycles. The van der Waals surface area contributed by atoms with Crippen molar-refractivity contribution in [1.29, 1.82) is 0 Å². The molecular formula is C30H29F3N2O7. The van der Waals surface area contributed by atoms with E-state index in [0.29, 0.717) is 16.3 Å². The molecule has 0 radical (unpaired) electrons. The number of aromatic nitrogens is 2. The molecule has 0 aliphatic rings. The topological polar surface area (TPSA) is 117 Å². The summed E-state index contributed by atoms with van der Waals surface area (Å²) in [6, 6.07) is 14.7. The zero-order chi connectivity index (χ0) is 30.9. The molecule has 4 aromatic rings. The minimum absolute atomic E-state index is 0.153. The Kier molecular flexibility index (Phi) is 8.31. The maximum absolute atomic E-state index is 14.6. The molecule has 222 valence electrons. The van der Waals surface area contributed by atoms with Gasteiger partial charge < -0.3 is 23.9 Å². The van der Waals surface area contributed by atoms with Crippen molar-refractivity contribution in [1.82, 2.24) is 9.97 Å². The number of nitrogens with one attached hydrogen (secondary N) is 1. The third-order valence-corrected chi connectivity index (χ3v) is 6.62. The summed E-state index contributed by atoms with van der Waals surface area (Å²) in [6.07, 6.45) is -6.96. The van der Waals surface area contributed by atoms with Crippen LogP contribution < -0.4 is 0 Å². The van der Waals surface area contributed by atoms with Crippen LogP contribution in [0.5, 0.6) is 0 Å². The Morgan fingerprint density at radius 3 is 2.14 bits per heavy atom. The summed E-state index contributed by atoms with van der Waals surface area (Å²) < 4.78 is 64.6. The van der Waals surface area contributed by atoms with E-state index in [1.807, 2.05) is 0 Å². The molecule has 9 nitrogen and oxygen atoms in total. The molecule has 0 saturated heterocycles.